The standard InChI is InChI=1S/C16H15ClF2N2O3/c17-13-14(16(23)20-12-3-1-2-9(12)7-22)21-24-15(13)8-4-5-10(18)11(19)6-8/h4-6,9,12,22H,1-3,7H2,(H,20,23)/t9-,12-/m0/s1. The molecule has 1 fully saturated rings. The largest absolute Gasteiger partial charge is 0.396 e. The molecule has 1 amide bonds. The van der Waals surface area contributed by atoms with Crippen LogP contribution in [-0.2, 0) is 0 Å². The minimum Gasteiger partial charge on any atom is -0.396 e. The van der Waals surface area contributed by atoms with Gasteiger partial charge in [-0.25, -0.2) is 8.78 Å². The fourth-order valence-electron chi connectivity index (χ4n) is 2.92. The summed E-state index contributed by atoms with van der Waals surface area (Å²) < 4.78 is 31.4. The first-order valence-electron chi connectivity index (χ1n) is 7.53. The van der Waals surface area contributed by atoms with Crippen molar-refractivity contribution in [3.8, 4) is 11.3 Å². The quantitative estimate of drug-likeness (QED) is 0.882. The molecule has 5 nitrogen and oxygen atoms in total. The van der Waals surface area contributed by atoms with E-state index < -0.39 is 17.5 Å². The van der Waals surface area contributed by atoms with E-state index in [9.17, 15) is 18.7 Å². The number of halogens is 3. The van der Waals surface area contributed by atoms with Gasteiger partial charge < -0.3 is 14.9 Å². The Morgan fingerprint density at radius 1 is 1.38 bits per heavy atom. The summed E-state index contributed by atoms with van der Waals surface area (Å²) in [6.07, 6.45) is 2.53. The number of carbonyl (C=O) groups excluding carboxylic acids is 1. The van der Waals surface area contributed by atoms with E-state index in [1.807, 2.05) is 0 Å². The average Bonchev–Trinajstić information content (AvgIpc) is 3.16. The van der Waals surface area contributed by atoms with E-state index in [0.717, 1.165) is 31.4 Å². The fraction of sp³-hybridized carbons (Fsp3) is 0.375. The van der Waals surface area contributed by atoms with Crippen molar-refractivity contribution < 1.29 is 23.2 Å². The lowest BCUT2D eigenvalue weighted by molar-refractivity contribution is 0.0907. The maximum absolute atomic E-state index is 13.3. The van der Waals surface area contributed by atoms with Crippen LogP contribution in [0.1, 0.15) is 29.8 Å². The van der Waals surface area contributed by atoms with Gasteiger partial charge in [0.1, 0.15) is 5.02 Å². The first-order chi connectivity index (χ1) is 11.5. The molecule has 2 atom stereocenters. The maximum atomic E-state index is 13.3. The molecule has 0 aliphatic heterocycles. The number of carbonyl (C=O) groups is 1. The van der Waals surface area contributed by atoms with E-state index >= 15 is 0 Å². The van der Waals surface area contributed by atoms with Gasteiger partial charge in [-0.3, -0.25) is 4.79 Å². The second-order valence-corrected chi connectivity index (χ2v) is 6.13. The van der Waals surface area contributed by atoms with Crippen molar-refractivity contribution in [3.05, 3.63) is 40.6 Å². The highest BCUT2D eigenvalue weighted by molar-refractivity contribution is 6.35. The van der Waals surface area contributed by atoms with Gasteiger partial charge in [-0.15, -0.1) is 0 Å². The second-order valence-electron chi connectivity index (χ2n) is 5.76. The van der Waals surface area contributed by atoms with Crippen LogP contribution in [0.15, 0.2) is 22.7 Å². The van der Waals surface area contributed by atoms with Gasteiger partial charge in [-0.2, -0.15) is 0 Å². The SMILES string of the molecule is O=C(N[C@H]1CCC[C@H]1CO)c1noc(-c2ccc(F)c(F)c2)c1Cl. The minimum absolute atomic E-state index is 0.00238. The van der Waals surface area contributed by atoms with E-state index in [1.165, 1.54) is 6.07 Å². The molecular weight excluding hydrogens is 342 g/mol. The summed E-state index contributed by atoms with van der Waals surface area (Å²) in [4.78, 5) is 12.3. The van der Waals surface area contributed by atoms with Crippen LogP contribution in [0.3, 0.4) is 0 Å². The van der Waals surface area contributed by atoms with Crippen molar-refractivity contribution in [2.75, 3.05) is 6.61 Å². The van der Waals surface area contributed by atoms with E-state index in [4.69, 9.17) is 16.1 Å². The molecule has 0 unspecified atom stereocenters. The van der Waals surface area contributed by atoms with Gasteiger partial charge in [-0.1, -0.05) is 23.2 Å². The average molecular weight is 357 g/mol. The van der Waals surface area contributed by atoms with Crippen LogP contribution < -0.4 is 5.32 Å². The Morgan fingerprint density at radius 3 is 2.88 bits per heavy atom. The highest BCUT2D eigenvalue weighted by atomic mass is 35.5. The number of hydrogen-bond acceptors (Lipinski definition) is 4. The topological polar surface area (TPSA) is 75.4 Å². The third-order valence-corrected chi connectivity index (χ3v) is 4.59. The Labute approximate surface area is 141 Å². The van der Waals surface area contributed by atoms with E-state index in [-0.39, 0.29) is 40.6 Å². The Bertz CT molecular complexity index is 766. The predicted octanol–water partition coefficient (Wildman–Crippen LogP) is 3.16. The Morgan fingerprint density at radius 2 is 2.17 bits per heavy atom. The van der Waals surface area contributed by atoms with E-state index in [1.54, 1.807) is 0 Å². The molecule has 0 saturated heterocycles. The Hall–Kier alpha value is -1.99. The number of benzene rings is 1. The van der Waals surface area contributed by atoms with Gasteiger partial charge in [-0.05, 0) is 31.0 Å². The van der Waals surface area contributed by atoms with Crippen LogP contribution in [0.5, 0.6) is 0 Å². The predicted molar refractivity (Wildman–Crippen MR) is 82.5 cm³/mol. The zero-order chi connectivity index (χ0) is 17.3. The second kappa shape index (κ2) is 6.86. The summed E-state index contributed by atoms with van der Waals surface area (Å²) in [5, 5.41) is 15.6. The minimum atomic E-state index is -1.05. The smallest absolute Gasteiger partial charge is 0.275 e. The van der Waals surface area contributed by atoms with Gasteiger partial charge in [0, 0.05) is 24.1 Å². The molecule has 8 heteroatoms. The summed E-state index contributed by atoms with van der Waals surface area (Å²) in [7, 11) is 0. The number of nitrogens with zero attached hydrogens (tertiary/aromatic N) is 1. The summed E-state index contributed by atoms with van der Waals surface area (Å²) >= 11 is 6.12. The molecule has 24 heavy (non-hydrogen) atoms. The molecule has 1 aliphatic rings. The monoisotopic (exact) mass is 356 g/mol. The summed E-state index contributed by atoms with van der Waals surface area (Å²) in [5.74, 6) is -2.58. The normalized spacial score (nSPS) is 20.3. The van der Waals surface area contributed by atoms with Gasteiger partial charge in [0.15, 0.2) is 23.1 Å². The van der Waals surface area contributed by atoms with E-state index in [0.29, 0.717) is 0 Å². The highest BCUT2D eigenvalue weighted by Crippen LogP contribution is 2.32. The number of hydrogen-bond donors (Lipinski definition) is 2. The molecule has 0 bridgehead atoms. The van der Waals surface area contributed by atoms with Gasteiger partial charge in [0.05, 0.1) is 0 Å². The van der Waals surface area contributed by atoms with Crippen LogP contribution in [0.2, 0.25) is 5.02 Å². The van der Waals surface area contributed by atoms with Crippen molar-refractivity contribution in [2.24, 2.45) is 5.92 Å². The number of rotatable bonds is 4. The van der Waals surface area contributed by atoms with Crippen LogP contribution in [0.4, 0.5) is 8.78 Å². The Kier molecular flexibility index (Phi) is 4.82. The number of aliphatic hydroxyl groups is 1. The first kappa shape index (κ1) is 16.9. The van der Waals surface area contributed by atoms with Crippen LogP contribution in [-0.4, -0.2) is 28.8 Å². The van der Waals surface area contributed by atoms with Crippen LogP contribution >= 0.6 is 11.6 Å². The molecule has 1 aliphatic carbocycles. The third kappa shape index (κ3) is 3.14. The zero-order valence-corrected chi connectivity index (χ0v) is 13.3. The molecule has 1 heterocycles. The molecule has 2 N–H and O–H groups in total. The molecule has 1 aromatic carbocycles. The molecule has 0 radical (unpaired) electrons. The first-order valence-corrected chi connectivity index (χ1v) is 7.91. The number of nitrogens with one attached hydrogen (secondary N) is 1. The molecule has 1 saturated carbocycles. The zero-order valence-electron chi connectivity index (χ0n) is 12.6. The lowest BCUT2D eigenvalue weighted by atomic mass is 10.0. The summed E-state index contributed by atoms with van der Waals surface area (Å²) in [6, 6.07) is 2.99. The molecule has 128 valence electrons. The van der Waals surface area contributed by atoms with Crippen molar-refractivity contribution >= 4 is 17.5 Å². The number of amides is 1. The highest BCUT2D eigenvalue weighted by Gasteiger charge is 2.30. The third-order valence-electron chi connectivity index (χ3n) is 4.24. The lowest BCUT2D eigenvalue weighted by Crippen LogP contribution is -2.38. The fourth-order valence-corrected chi connectivity index (χ4v) is 3.18. The molecule has 3 rings (SSSR count). The Balaban J connectivity index is 1.81. The summed E-state index contributed by atoms with van der Waals surface area (Å²) in [5.41, 5.74) is 0.0551. The van der Waals surface area contributed by atoms with Crippen molar-refractivity contribution in [3.63, 3.8) is 0 Å². The van der Waals surface area contributed by atoms with Crippen LogP contribution in [0.25, 0.3) is 11.3 Å². The molecule has 1 aromatic heterocycles. The lowest BCUT2D eigenvalue weighted by Gasteiger charge is -2.18. The van der Waals surface area contributed by atoms with Gasteiger partial charge in [0.25, 0.3) is 5.91 Å². The van der Waals surface area contributed by atoms with Crippen molar-refractivity contribution in [2.45, 2.75) is 25.3 Å². The van der Waals surface area contributed by atoms with Gasteiger partial charge in [0.2, 0.25) is 0 Å². The molecule has 2 aromatic rings. The number of aromatic nitrogens is 1. The molecule has 0 spiro atoms. The van der Waals surface area contributed by atoms with Crippen molar-refractivity contribution in [1.29, 1.82) is 0 Å². The van der Waals surface area contributed by atoms with Gasteiger partial charge >= 0.3 is 0 Å². The van der Waals surface area contributed by atoms with Crippen molar-refractivity contribution in [1.82, 2.24) is 10.5 Å². The summed E-state index contributed by atoms with van der Waals surface area (Å²) in [6.45, 7) is -0.00238. The van der Waals surface area contributed by atoms with Crippen LogP contribution in [0, 0.1) is 17.6 Å². The number of aliphatic hydroxyl groups excluding tert-OH is 1. The maximum Gasteiger partial charge on any atom is 0.275 e. The molecular formula is C16H15ClF2N2O3. The van der Waals surface area contributed by atoms with E-state index in [2.05, 4.69) is 10.5 Å².